The maximum atomic E-state index is 13.6. The molecule has 0 saturated carbocycles. The molecular weight excluding hydrogens is 448 g/mol. The molecule has 7 nitrogen and oxygen atoms in total. The van der Waals surface area contributed by atoms with Crippen molar-refractivity contribution in [2.75, 3.05) is 0 Å². The minimum Gasteiger partial charge on any atom is -0.324 e. The third kappa shape index (κ3) is 3.60. The van der Waals surface area contributed by atoms with E-state index in [1.54, 1.807) is 11.0 Å². The number of piperidine rings is 1. The Balaban J connectivity index is 1.32. The number of fused-ring (bicyclic) bond motifs is 4. The molecule has 172 valence electrons. The molecule has 2 bridgehead atoms. The van der Waals surface area contributed by atoms with Crippen molar-refractivity contribution in [3.8, 4) is 11.3 Å². The minimum atomic E-state index is -0.109. The van der Waals surface area contributed by atoms with Gasteiger partial charge in [-0.3, -0.25) is 9.48 Å². The van der Waals surface area contributed by atoms with Gasteiger partial charge in [-0.1, -0.05) is 54.1 Å². The van der Waals surface area contributed by atoms with Gasteiger partial charge in [-0.25, -0.2) is 9.67 Å². The molecule has 0 N–H and O–H groups in total. The number of benzene rings is 2. The first kappa shape index (κ1) is 21.1. The average Bonchev–Trinajstić information content (AvgIpc) is 3.43. The second-order valence-corrected chi connectivity index (χ2v) is 9.55. The van der Waals surface area contributed by atoms with E-state index in [-0.39, 0.29) is 23.8 Å². The molecule has 1 fully saturated rings. The average molecular weight is 473 g/mol. The van der Waals surface area contributed by atoms with Gasteiger partial charge in [0.05, 0.1) is 24.0 Å². The Bertz CT molecular complexity index is 1360. The van der Waals surface area contributed by atoms with Gasteiger partial charge in [0.2, 0.25) is 5.82 Å². The highest BCUT2D eigenvalue weighted by atomic mass is 35.5. The van der Waals surface area contributed by atoms with Crippen LogP contribution in [0, 0.1) is 0 Å². The molecule has 2 atom stereocenters. The summed E-state index contributed by atoms with van der Waals surface area (Å²) in [6.45, 7) is 0.585. The quantitative estimate of drug-likeness (QED) is 0.432. The molecule has 4 aromatic rings. The Morgan fingerprint density at radius 3 is 2.76 bits per heavy atom. The molecule has 8 heteroatoms. The molecule has 2 aliphatic heterocycles. The van der Waals surface area contributed by atoms with Crippen LogP contribution < -0.4 is 0 Å². The smallest absolute Gasteiger partial charge is 0.294 e. The molecule has 0 radical (unpaired) electrons. The number of hydrogen-bond acceptors (Lipinski definition) is 4. The van der Waals surface area contributed by atoms with Gasteiger partial charge in [0.1, 0.15) is 6.33 Å². The summed E-state index contributed by atoms with van der Waals surface area (Å²) < 4.78 is 3.66. The molecule has 1 amide bonds. The number of amides is 1. The first-order chi connectivity index (χ1) is 16.6. The lowest BCUT2D eigenvalue weighted by Gasteiger charge is -2.44. The molecule has 2 aromatic carbocycles. The highest BCUT2D eigenvalue weighted by molar-refractivity contribution is 6.30. The zero-order chi connectivity index (χ0) is 23.2. The Labute approximate surface area is 203 Å². The maximum Gasteiger partial charge on any atom is 0.294 e. The van der Waals surface area contributed by atoms with Crippen LogP contribution in [0.5, 0.6) is 0 Å². The lowest BCUT2D eigenvalue weighted by Crippen LogP contribution is -2.50. The minimum absolute atomic E-state index is 0.0600. The van der Waals surface area contributed by atoms with E-state index >= 15 is 0 Å². The molecule has 4 heterocycles. The molecule has 1 saturated heterocycles. The largest absolute Gasteiger partial charge is 0.324 e. The summed E-state index contributed by atoms with van der Waals surface area (Å²) >= 11 is 6.28. The number of halogens is 1. The van der Waals surface area contributed by atoms with Gasteiger partial charge in [0.25, 0.3) is 5.91 Å². The lowest BCUT2D eigenvalue weighted by molar-refractivity contribution is 0.0379. The Hall–Kier alpha value is -3.45. The van der Waals surface area contributed by atoms with Gasteiger partial charge < -0.3 is 4.90 Å². The summed E-state index contributed by atoms with van der Waals surface area (Å²) in [7, 11) is 1.97. The Kier molecular flexibility index (Phi) is 5.21. The predicted molar refractivity (Wildman–Crippen MR) is 129 cm³/mol. The second kappa shape index (κ2) is 8.40. The highest BCUT2D eigenvalue weighted by Gasteiger charge is 2.44. The van der Waals surface area contributed by atoms with Crippen LogP contribution in [0.2, 0.25) is 5.02 Å². The van der Waals surface area contributed by atoms with Crippen LogP contribution >= 0.6 is 11.6 Å². The molecule has 6 rings (SSSR count). The fraction of sp³-hybridized carbons (Fsp3) is 0.308. The first-order valence-corrected chi connectivity index (χ1v) is 12.0. The van der Waals surface area contributed by atoms with E-state index in [0.29, 0.717) is 11.6 Å². The monoisotopic (exact) mass is 472 g/mol. The molecule has 0 aliphatic carbocycles. The van der Waals surface area contributed by atoms with E-state index < -0.39 is 0 Å². The van der Waals surface area contributed by atoms with E-state index in [0.717, 1.165) is 48.2 Å². The molecule has 0 unspecified atom stereocenters. The summed E-state index contributed by atoms with van der Waals surface area (Å²) in [6, 6.07) is 18.0. The molecule has 0 spiro atoms. The van der Waals surface area contributed by atoms with Crippen LogP contribution in [-0.4, -0.2) is 41.4 Å². The normalized spacial score (nSPS) is 19.2. The number of aryl methyl sites for hydroxylation is 1. The maximum absolute atomic E-state index is 13.6. The van der Waals surface area contributed by atoms with Crippen molar-refractivity contribution in [3.05, 3.63) is 88.6 Å². The van der Waals surface area contributed by atoms with Gasteiger partial charge in [0.15, 0.2) is 0 Å². The summed E-state index contributed by atoms with van der Waals surface area (Å²) in [5.41, 5.74) is 5.49. The topological polar surface area (TPSA) is 68.8 Å². The second-order valence-electron chi connectivity index (χ2n) is 9.11. The number of aromatic nitrogens is 5. The summed E-state index contributed by atoms with van der Waals surface area (Å²) in [5.74, 6) is 0.143. The summed E-state index contributed by atoms with van der Waals surface area (Å²) in [6.07, 6.45) is 5.36. The summed E-state index contributed by atoms with van der Waals surface area (Å²) in [5, 5.41) is 10.1. The van der Waals surface area contributed by atoms with Gasteiger partial charge >= 0.3 is 0 Å². The van der Waals surface area contributed by atoms with Crippen LogP contribution in [0.4, 0.5) is 0 Å². The molecule has 34 heavy (non-hydrogen) atoms. The lowest BCUT2D eigenvalue weighted by atomic mass is 9.81. The third-order valence-corrected chi connectivity index (χ3v) is 7.16. The van der Waals surface area contributed by atoms with Crippen molar-refractivity contribution in [2.45, 2.75) is 44.3 Å². The van der Waals surface area contributed by atoms with Crippen LogP contribution in [0.3, 0.4) is 0 Å². The van der Waals surface area contributed by atoms with Crippen molar-refractivity contribution in [1.29, 1.82) is 0 Å². The first-order valence-electron chi connectivity index (χ1n) is 11.7. The highest BCUT2D eigenvalue weighted by Crippen LogP contribution is 2.45. The zero-order valence-corrected chi connectivity index (χ0v) is 19.7. The van der Waals surface area contributed by atoms with Crippen molar-refractivity contribution >= 4 is 17.5 Å². The van der Waals surface area contributed by atoms with Crippen molar-refractivity contribution < 1.29 is 4.79 Å². The van der Waals surface area contributed by atoms with Crippen LogP contribution in [0.25, 0.3) is 11.3 Å². The Morgan fingerprint density at radius 2 is 1.94 bits per heavy atom. The van der Waals surface area contributed by atoms with E-state index in [1.807, 2.05) is 65.2 Å². The van der Waals surface area contributed by atoms with Crippen molar-refractivity contribution in [1.82, 2.24) is 29.4 Å². The number of nitrogens with zero attached hydrogens (tertiary/aromatic N) is 6. The number of carbonyl (C=O) groups is 1. The zero-order valence-electron chi connectivity index (χ0n) is 18.9. The SMILES string of the molecule is Cn1nc2c(c1-c1cccc(Cl)c1)C[C@@H]1CCC[C@H]2N1C(=O)c1ncn(Cc2ccccc2)n1. The molecular formula is C26H25ClN6O. The van der Waals surface area contributed by atoms with E-state index in [4.69, 9.17) is 16.7 Å². The van der Waals surface area contributed by atoms with Gasteiger partial charge in [0, 0.05) is 29.2 Å². The van der Waals surface area contributed by atoms with Gasteiger partial charge in [-0.2, -0.15) is 5.10 Å². The number of rotatable bonds is 4. The van der Waals surface area contributed by atoms with Crippen LogP contribution in [-0.2, 0) is 20.0 Å². The van der Waals surface area contributed by atoms with Crippen LogP contribution in [0.1, 0.15) is 52.7 Å². The van der Waals surface area contributed by atoms with E-state index in [1.165, 1.54) is 5.56 Å². The van der Waals surface area contributed by atoms with Gasteiger partial charge in [-0.15, -0.1) is 5.10 Å². The third-order valence-electron chi connectivity index (χ3n) is 6.92. The Morgan fingerprint density at radius 1 is 1.09 bits per heavy atom. The number of carbonyl (C=O) groups excluding carboxylic acids is 1. The standard InChI is InChI=1S/C26H25ClN6O/c1-31-24(18-9-5-10-19(27)13-18)21-14-20-11-6-12-22(23(21)29-31)33(20)26(34)25-28-16-32(30-25)15-17-7-3-2-4-8-17/h2-5,7-10,13,16,20,22H,6,11-12,14-15H2,1H3/t20-,22+/m0/s1. The van der Waals surface area contributed by atoms with Crippen molar-refractivity contribution in [2.24, 2.45) is 7.05 Å². The number of hydrogen-bond donors (Lipinski definition) is 0. The molecule has 2 aliphatic rings. The fourth-order valence-electron chi connectivity index (χ4n) is 5.50. The van der Waals surface area contributed by atoms with E-state index in [9.17, 15) is 4.79 Å². The fourth-order valence-corrected chi connectivity index (χ4v) is 5.69. The molecule has 2 aromatic heterocycles. The predicted octanol–water partition coefficient (Wildman–Crippen LogP) is 4.67. The van der Waals surface area contributed by atoms with Gasteiger partial charge in [-0.05, 0) is 43.4 Å². The van der Waals surface area contributed by atoms with E-state index in [2.05, 4.69) is 16.1 Å². The van der Waals surface area contributed by atoms with Crippen LogP contribution in [0.15, 0.2) is 60.9 Å². The van der Waals surface area contributed by atoms with Crippen molar-refractivity contribution in [3.63, 3.8) is 0 Å². The summed E-state index contributed by atoms with van der Waals surface area (Å²) in [4.78, 5) is 20.0.